The molecule has 0 saturated carbocycles. The summed E-state index contributed by atoms with van der Waals surface area (Å²) in [4.78, 5) is 11.8. The lowest BCUT2D eigenvalue weighted by molar-refractivity contribution is -0.136. The first-order chi connectivity index (χ1) is 10.3. The molecule has 2 aromatic carbocycles. The number of para-hydroxylation sites is 1. The SMILES string of the molecule is O=C(Nc1ccccc1Cl)Nc1ccc(Cl)cc1C(F)(F)F. The first kappa shape index (κ1) is 16.5. The topological polar surface area (TPSA) is 41.1 Å². The van der Waals surface area contributed by atoms with Gasteiger partial charge in [-0.1, -0.05) is 35.3 Å². The highest BCUT2D eigenvalue weighted by atomic mass is 35.5. The average molecular weight is 349 g/mol. The normalized spacial score (nSPS) is 11.1. The molecule has 8 heteroatoms. The van der Waals surface area contributed by atoms with Gasteiger partial charge in [0.15, 0.2) is 0 Å². The van der Waals surface area contributed by atoms with Crippen molar-refractivity contribution in [1.82, 2.24) is 0 Å². The standard InChI is InChI=1S/C14H9Cl2F3N2O/c15-8-5-6-11(9(7-8)14(17,18)19)20-13(22)21-12-4-2-1-3-10(12)16/h1-7H,(H2,20,21,22). The van der Waals surface area contributed by atoms with E-state index in [0.717, 1.165) is 12.1 Å². The molecule has 0 fully saturated rings. The van der Waals surface area contributed by atoms with Crippen molar-refractivity contribution in [2.75, 3.05) is 10.6 Å². The summed E-state index contributed by atoms with van der Waals surface area (Å²) in [6.07, 6.45) is -4.64. The van der Waals surface area contributed by atoms with Crippen LogP contribution in [0.2, 0.25) is 10.0 Å². The lowest BCUT2D eigenvalue weighted by atomic mass is 10.1. The van der Waals surface area contributed by atoms with E-state index in [1.807, 2.05) is 0 Å². The first-order valence-corrected chi connectivity index (χ1v) is 6.72. The summed E-state index contributed by atoms with van der Waals surface area (Å²) < 4.78 is 38.8. The van der Waals surface area contributed by atoms with Crippen LogP contribution in [0.25, 0.3) is 0 Å². The van der Waals surface area contributed by atoms with Gasteiger partial charge >= 0.3 is 12.2 Å². The number of carbonyl (C=O) groups excluding carboxylic acids is 1. The third-order valence-corrected chi connectivity index (χ3v) is 3.22. The maximum absolute atomic E-state index is 12.9. The van der Waals surface area contributed by atoms with E-state index in [2.05, 4.69) is 10.6 Å². The molecule has 0 radical (unpaired) electrons. The van der Waals surface area contributed by atoms with Crippen LogP contribution in [0.4, 0.5) is 29.3 Å². The van der Waals surface area contributed by atoms with Crippen molar-refractivity contribution in [3.05, 3.63) is 58.1 Å². The first-order valence-electron chi connectivity index (χ1n) is 5.96. The van der Waals surface area contributed by atoms with Crippen molar-refractivity contribution < 1.29 is 18.0 Å². The Hall–Kier alpha value is -1.92. The summed E-state index contributed by atoms with van der Waals surface area (Å²) >= 11 is 11.4. The summed E-state index contributed by atoms with van der Waals surface area (Å²) in [6.45, 7) is 0. The maximum Gasteiger partial charge on any atom is 0.418 e. The van der Waals surface area contributed by atoms with Gasteiger partial charge in [0.05, 0.1) is 22.0 Å². The second-order valence-electron chi connectivity index (χ2n) is 4.25. The molecule has 2 N–H and O–H groups in total. The van der Waals surface area contributed by atoms with E-state index >= 15 is 0 Å². The lowest BCUT2D eigenvalue weighted by Crippen LogP contribution is -2.22. The zero-order valence-electron chi connectivity index (χ0n) is 10.8. The number of carbonyl (C=O) groups is 1. The Labute approximate surface area is 134 Å². The Morgan fingerprint density at radius 3 is 2.23 bits per heavy atom. The molecule has 0 saturated heterocycles. The highest BCUT2D eigenvalue weighted by Crippen LogP contribution is 2.36. The fraction of sp³-hybridized carbons (Fsp3) is 0.0714. The van der Waals surface area contributed by atoms with Crippen LogP contribution >= 0.6 is 23.2 Å². The Morgan fingerprint density at radius 2 is 1.59 bits per heavy atom. The molecule has 0 aliphatic rings. The van der Waals surface area contributed by atoms with Crippen LogP contribution in [-0.2, 0) is 6.18 Å². The van der Waals surface area contributed by atoms with Crippen LogP contribution in [0, 0.1) is 0 Å². The van der Waals surface area contributed by atoms with Crippen LogP contribution < -0.4 is 10.6 Å². The number of alkyl halides is 3. The largest absolute Gasteiger partial charge is 0.418 e. The van der Waals surface area contributed by atoms with Crippen molar-refractivity contribution in [3.8, 4) is 0 Å². The van der Waals surface area contributed by atoms with Gasteiger partial charge in [-0.3, -0.25) is 0 Å². The molecule has 0 bridgehead atoms. The quantitative estimate of drug-likeness (QED) is 0.722. The summed E-state index contributed by atoms with van der Waals surface area (Å²) in [5.41, 5.74) is -1.15. The minimum absolute atomic E-state index is 0.0793. The Bertz CT molecular complexity index is 705. The molecule has 116 valence electrons. The van der Waals surface area contributed by atoms with Gasteiger partial charge < -0.3 is 10.6 Å². The molecule has 0 aromatic heterocycles. The number of hydrogen-bond acceptors (Lipinski definition) is 1. The van der Waals surface area contributed by atoms with Gasteiger partial charge in [-0.25, -0.2) is 4.79 Å². The number of hydrogen-bond donors (Lipinski definition) is 2. The van der Waals surface area contributed by atoms with Crippen molar-refractivity contribution in [2.24, 2.45) is 0 Å². The van der Waals surface area contributed by atoms with E-state index in [1.54, 1.807) is 18.2 Å². The zero-order chi connectivity index (χ0) is 16.3. The van der Waals surface area contributed by atoms with E-state index in [4.69, 9.17) is 23.2 Å². The van der Waals surface area contributed by atoms with Crippen molar-refractivity contribution in [3.63, 3.8) is 0 Å². The predicted molar refractivity (Wildman–Crippen MR) is 80.5 cm³/mol. The molecule has 2 rings (SSSR count). The zero-order valence-corrected chi connectivity index (χ0v) is 12.4. The molecular weight excluding hydrogens is 340 g/mol. The van der Waals surface area contributed by atoms with Crippen LogP contribution in [0.1, 0.15) is 5.56 Å². The van der Waals surface area contributed by atoms with E-state index in [9.17, 15) is 18.0 Å². The van der Waals surface area contributed by atoms with Crippen LogP contribution in [-0.4, -0.2) is 6.03 Å². The van der Waals surface area contributed by atoms with Gasteiger partial charge in [0.25, 0.3) is 0 Å². The summed E-state index contributed by atoms with van der Waals surface area (Å²) in [6, 6.07) is 8.58. The van der Waals surface area contributed by atoms with Crippen molar-refractivity contribution >= 4 is 40.6 Å². The molecule has 0 spiro atoms. The molecule has 3 nitrogen and oxygen atoms in total. The fourth-order valence-electron chi connectivity index (χ4n) is 1.70. The highest BCUT2D eigenvalue weighted by Gasteiger charge is 2.34. The smallest absolute Gasteiger partial charge is 0.307 e. The Morgan fingerprint density at radius 1 is 0.955 bits per heavy atom. The molecular formula is C14H9Cl2F3N2O. The molecule has 0 aliphatic carbocycles. The van der Waals surface area contributed by atoms with Gasteiger partial charge in [-0.2, -0.15) is 13.2 Å². The molecule has 0 unspecified atom stereocenters. The van der Waals surface area contributed by atoms with E-state index < -0.39 is 23.5 Å². The summed E-state index contributed by atoms with van der Waals surface area (Å²) in [7, 11) is 0. The molecule has 0 aliphatic heterocycles. The van der Waals surface area contributed by atoms with Gasteiger partial charge in [0, 0.05) is 5.02 Å². The molecule has 2 amide bonds. The minimum atomic E-state index is -4.64. The summed E-state index contributed by atoms with van der Waals surface area (Å²) in [5.74, 6) is 0. The summed E-state index contributed by atoms with van der Waals surface area (Å²) in [5, 5.41) is 4.69. The van der Waals surface area contributed by atoms with E-state index in [1.165, 1.54) is 12.1 Å². The molecule has 0 atom stereocenters. The second kappa shape index (κ2) is 6.46. The number of anilines is 2. The van der Waals surface area contributed by atoms with Crippen molar-refractivity contribution in [1.29, 1.82) is 0 Å². The Balaban J connectivity index is 2.21. The average Bonchev–Trinajstić information content (AvgIpc) is 2.42. The number of halogens is 5. The number of rotatable bonds is 2. The fourth-order valence-corrected chi connectivity index (χ4v) is 2.05. The van der Waals surface area contributed by atoms with Crippen molar-refractivity contribution in [2.45, 2.75) is 6.18 Å². The van der Waals surface area contributed by atoms with Crippen LogP contribution in [0.5, 0.6) is 0 Å². The number of nitrogens with one attached hydrogen (secondary N) is 2. The lowest BCUT2D eigenvalue weighted by Gasteiger charge is -2.15. The number of amides is 2. The predicted octanol–water partition coefficient (Wildman–Crippen LogP) is 5.66. The molecule has 0 heterocycles. The highest BCUT2D eigenvalue weighted by molar-refractivity contribution is 6.33. The van der Waals surface area contributed by atoms with Gasteiger partial charge in [0.1, 0.15) is 0 Å². The number of urea groups is 1. The van der Waals surface area contributed by atoms with Gasteiger partial charge in [-0.05, 0) is 30.3 Å². The third-order valence-electron chi connectivity index (χ3n) is 2.66. The molecule has 2 aromatic rings. The molecule has 22 heavy (non-hydrogen) atoms. The van der Waals surface area contributed by atoms with E-state index in [0.29, 0.717) is 0 Å². The van der Waals surface area contributed by atoms with E-state index in [-0.39, 0.29) is 15.7 Å². The maximum atomic E-state index is 12.9. The van der Waals surface area contributed by atoms with Gasteiger partial charge in [0.2, 0.25) is 0 Å². The second-order valence-corrected chi connectivity index (χ2v) is 5.09. The number of benzene rings is 2. The monoisotopic (exact) mass is 348 g/mol. The minimum Gasteiger partial charge on any atom is -0.307 e. The van der Waals surface area contributed by atoms with Gasteiger partial charge in [-0.15, -0.1) is 0 Å². The van der Waals surface area contributed by atoms with Crippen LogP contribution in [0.3, 0.4) is 0 Å². The Kier molecular flexibility index (Phi) is 4.83. The third kappa shape index (κ3) is 4.05. The van der Waals surface area contributed by atoms with Crippen LogP contribution in [0.15, 0.2) is 42.5 Å².